The van der Waals surface area contributed by atoms with E-state index in [9.17, 15) is 28.8 Å². The first-order valence-electron chi connectivity index (χ1n) is 15.8. The number of carbonyl (C=O) groups excluding carboxylic acids is 5. The Morgan fingerprint density at radius 1 is 0.714 bits per heavy atom. The highest BCUT2D eigenvalue weighted by molar-refractivity contribution is 5.92. The smallest absolute Gasteiger partial charge is 0.407 e. The van der Waals surface area contributed by atoms with Crippen molar-refractivity contribution in [2.24, 2.45) is 0 Å². The lowest BCUT2D eigenvalue weighted by Crippen LogP contribution is -2.52. The van der Waals surface area contributed by atoms with Gasteiger partial charge in [-0.15, -0.1) is 0 Å². The molecule has 0 aromatic heterocycles. The number of benzene rings is 3. The second kappa shape index (κ2) is 15.9. The highest BCUT2D eigenvalue weighted by Crippen LogP contribution is 2.44. The predicted molar refractivity (Wildman–Crippen MR) is 175 cm³/mol. The van der Waals surface area contributed by atoms with Gasteiger partial charge in [0, 0.05) is 12.3 Å². The Hall–Kier alpha value is -5.76. The Kier molecular flexibility index (Phi) is 11.2. The number of nitrogens with one attached hydrogen (secondary N) is 5. The molecule has 3 aromatic rings. The van der Waals surface area contributed by atoms with Gasteiger partial charge in [-0.05, 0) is 40.7 Å². The molecule has 49 heavy (non-hydrogen) atoms. The topological polar surface area (TPSA) is 201 Å². The summed E-state index contributed by atoms with van der Waals surface area (Å²) >= 11 is 0. The number of carboxylic acid groups (broad SMARTS) is 1. The summed E-state index contributed by atoms with van der Waals surface area (Å²) < 4.78 is 10.7. The molecule has 0 heterocycles. The van der Waals surface area contributed by atoms with Crippen molar-refractivity contribution in [3.8, 4) is 11.1 Å². The van der Waals surface area contributed by atoms with Gasteiger partial charge >= 0.3 is 12.1 Å². The Morgan fingerprint density at radius 2 is 1.29 bits per heavy atom. The van der Waals surface area contributed by atoms with Gasteiger partial charge in [-0.2, -0.15) is 0 Å². The molecule has 1 atom stereocenters. The van der Waals surface area contributed by atoms with E-state index in [-0.39, 0.29) is 25.7 Å². The average molecular weight is 672 g/mol. The van der Waals surface area contributed by atoms with Crippen LogP contribution in [0, 0.1) is 0 Å². The van der Waals surface area contributed by atoms with Crippen molar-refractivity contribution in [1.82, 2.24) is 26.6 Å². The summed E-state index contributed by atoms with van der Waals surface area (Å²) in [5.41, 5.74) is 3.75. The zero-order valence-corrected chi connectivity index (χ0v) is 26.5. The summed E-state index contributed by atoms with van der Waals surface area (Å²) in [6.45, 7) is -1.62. The highest BCUT2D eigenvalue weighted by atomic mass is 16.6. The summed E-state index contributed by atoms with van der Waals surface area (Å²) in [5, 5.41) is 21.3. The molecule has 0 radical (unpaired) electrons. The van der Waals surface area contributed by atoms with Crippen LogP contribution in [0.2, 0.25) is 0 Å². The van der Waals surface area contributed by atoms with Crippen molar-refractivity contribution in [3.63, 3.8) is 0 Å². The highest BCUT2D eigenvalue weighted by Gasteiger charge is 2.52. The Morgan fingerprint density at radius 3 is 1.92 bits per heavy atom. The first-order valence-corrected chi connectivity index (χ1v) is 15.8. The van der Waals surface area contributed by atoms with Gasteiger partial charge in [0.05, 0.1) is 13.1 Å². The monoisotopic (exact) mass is 671 g/mol. The minimum atomic E-state index is -1.27. The number of ether oxygens (including phenoxy) is 2. The molecular weight excluding hydrogens is 634 g/mol. The van der Waals surface area contributed by atoms with E-state index in [1.165, 1.54) is 0 Å². The lowest BCUT2D eigenvalue weighted by molar-refractivity contribution is -0.155. The number of rotatable bonds is 16. The summed E-state index contributed by atoms with van der Waals surface area (Å²) in [4.78, 5) is 73.9. The molecule has 1 saturated carbocycles. The van der Waals surface area contributed by atoms with Gasteiger partial charge in [0.2, 0.25) is 23.6 Å². The second-order valence-electron chi connectivity index (χ2n) is 11.7. The van der Waals surface area contributed by atoms with E-state index >= 15 is 0 Å². The van der Waals surface area contributed by atoms with E-state index in [2.05, 4.69) is 26.6 Å². The predicted octanol–water partition coefficient (Wildman–Crippen LogP) is 1.19. The summed E-state index contributed by atoms with van der Waals surface area (Å²) in [6.07, 6.45) is 0.0173. The van der Waals surface area contributed by atoms with Gasteiger partial charge < -0.3 is 41.2 Å². The SMILES string of the molecule is O=C(CNC(=O)OCC1c2ccccc2-c2ccccc21)NCC(=O)NC(Cc1ccccc1)C(=O)NCC(=O)NCOC1(C(=O)O)CC1. The maximum absolute atomic E-state index is 13.0. The molecule has 2 aliphatic carbocycles. The molecule has 2 aliphatic rings. The normalized spacial score (nSPS) is 14.3. The molecule has 6 N–H and O–H groups in total. The lowest BCUT2D eigenvalue weighted by Gasteiger charge is -2.19. The molecule has 5 rings (SSSR count). The van der Waals surface area contributed by atoms with Gasteiger partial charge in [0.15, 0.2) is 5.60 Å². The third-order valence-corrected chi connectivity index (χ3v) is 8.25. The standard InChI is InChI=1S/C35H37N5O9/c41-29(18-38-34(47)48-20-27-25-12-6-4-10-23(25)24-11-5-7-13-26(24)27)36-19-31(43)40-28(16-22-8-2-1-3-9-22)32(44)37-17-30(42)39-21-49-35(14-15-35)33(45)46/h1-13,27-28H,14-21H2,(H,36,41)(H,37,44)(H,38,47)(H,39,42)(H,40,43)(H,45,46). The summed E-state index contributed by atoms with van der Waals surface area (Å²) in [6, 6.07) is 23.6. The minimum absolute atomic E-state index is 0.0790. The van der Waals surface area contributed by atoms with Crippen molar-refractivity contribution in [3.05, 3.63) is 95.6 Å². The quantitative estimate of drug-likeness (QED) is 0.121. The van der Waals surface area contributed by atoms with Crippen LogP contribution in [-0.4, -0.2) is 85.4 Å². The minimum Gasteiger partial charge on any atom is -0.479 e. The molecule has 5 amide bonds. The summed E-state index contributed by atoms with van der Waals surface area (Å²) in [7, 11) is 0. The average Bonchev–Trinajstić information content (AvgIpc) is 3.84. The Bertz CT molecular complexity index is 1660. The number of fused-ring (bicyclic) bond motifs is 3. The molecule has 14 nitrogen and oxygen atoms in total. The first-order chi connectivity index (χ1) is 23.6. The molecule has 256 valence electrons. The van der Waals surface area contributed by atoms with Crippen molar-refractivity contribution in [1.29, 1.82) is 0 Å². The van der Waals surface area contributed by atoms with Crippen LogP contribution in [0.1, 0.15) is 35.4 Å². The van der Waals surface area contributed by atoms with Gasteiger partial charge in [-0.3, -0.25) is 19.2 Å². The Balaban J connectivity index is 1.04. The van der Waals surface area contributed by atoms with E-state index in [0.29, 0.717) is 12.8 Å². The molecule has 3 aromatic carbocycles. The Labute approximate surface area is 281 Å². The number of aliphatic carboxylic acids is 1. The van der Waals surface area contributed by atoms with Gasteiger partial charge in [-0.1, -0.05) is 78.9 Å². The van der Waals surface area contributed by atoms with Crippen LogP contribution in [0.15, 0.2) is 78.9 Å². The molecule has 14 heteroatoms. The van der Waals surface area contributed by atoms with E-state index in [1.807, 2.05) is 48.5 Å². The van der Waals surface area contributed by atoms with Crippen LogP contribution >= 0.6 is 0 Å². The van der Waals surface area contributed by atoms with Gasteiger partial charge in [0.1, 0.15) is 25.9 Å². The summed E-state index contributed by atoms with van der Waals surface area (Å²) in [5.74, 6) is -3.83. The molecule has 0 aliphatic heterocycles. The molecule has 0 bridgehead atoms. The van der Waals surface area contributed by atoms with Crippen molar-refractivity contribution < 1.29 is 43.3 Å². The lowest BCUT2D eigenvalue weighted by atomic mass is 9.98. The second-order valence-corrected chi connectivity index (χ2v) is 11.7. The van der Waals surface area contributed by atoms with E-state index in [4.69, 9.17) is 14.6 Å². The molecule has 0 saturated heterocycles. The van der Waals surface area contributed by atoms with E-state index in [1.54, 1.807) is 30.3 Å². The third-order valence-electron chi connectivity index (χ3n) is 8.25. The fraction of sp³-hybridized carbons (Fsp3) is 0.314. The van der Waals surface area contributed by atoms with Crippen LogP contribution in [0.5, 0.6) is 0 Å². The fourth-order valence-corrected chi connectivity index (χ4v) is 5.49. The number of alkyl carbamates (subject to hydrolysis) is 1. The molecule has 0 spiro atoms. The van der Waals surface area contributed by atoms with Crippen molar-refractivity contribution in [2.45, 2.75) is 36.8 Å². The van der Waals surface area contributed by atoms with Gasteiger partial charge in [-0.25, -0.2) is 9.59 Å². The first kappa shape index (κ1) is 34.6. The van der Waals surface area contributed by atoms with Crippen molar-refractivity contribution in [2.75, 3.05) is 33.0 Å². The zero-order chi connectivity index (χ0) is 34.8. The maximum Gasteiger partial charge on any atom is 0.407 e. The van der Waals surface area contributed by atoms with Crippen molar-refractivity contribution >= 4 is 35.7 Å². The van der Waals surface area contributed by atoms with E-state index < -0.39 is 67.0 Å². The van der Waals surface area contributed by atoms with E-state index in [0.717, 1.165) is 27.8 Å². The largest absolute Gasteiger partial charge is 0.479 e. The molecule has 1 fully saturated rings. The van der Waals surface area contributed by atoms with Crippen LogP contribution in [0.25, 0.3) is 11.1 Å². The fourth-order valence-electron chi connectivity index (χ4n) is 5.49. The van der Waals surface area contributed by atoms with Crippen LogP contribution in [-0.2, 0) is 39.9 Å². The maximum atomic E-state index is 13.0. The molecular formula is C35H37N5O9. The van der Waals surface area contributed by atoms with Crippen LogP contribution in [0.3, 0.4) is 0 Å². The number of carboxylic acids is 1. The number of carbonyl (C=O) groups is 6. The molecule has 1 unspecified atom stereocenters. The number of hydrogen-bond acceptors (Lipinski definition) is 8. The zero-order valence-electron chi connectivity index (χ0n) is 26.5. The van der Waals surface area contributed by atoms with Crippen LogP contribution < -0.4 is 26.6 Å². The van der Waals surface area contributed by atoms with Gasteiger partial charge in [0.25, 0.3) is 0 Å². The third kappa shape index (κ3) is 9.20. The number of amides is 5. The van der Waals surface area contributed by atoms with Crippen LogP contribution in [0.4, 0.5) is 4.79 Å². The number of hydrogen-bond donors (Lipinski definition) is 6.